The number of ether oxygens (including phenoxy) is 1. The molecule has 0 aromatic heterocycles. The third-order valence-corrected chi connectivity index (χ3v) is 5.11. The number of nitrogens with zero attached hydrogens (tertiary/aromatic N) is 1. The zero-order valence-corrected chi connectivity index (χ0v) is 10.5. The van der Waals surface area contributed by atoms with Crippen LogP contribution in [0.4, 0.5) is 0 Å². The van der Waals surface area contributed by atoms with Crippen LogP contribution >= 0.6 is 0 Å². The summed E-state index contributed by atoms with van der Waals surface area (Å²) in [5.41, 5.74) is 0. The Morgan fingerprint density at radius 1 is 1.19 bits per heavy atom. The molecule has 2 heteroatoms. The smallest absolute Gasteiger partial charge is 0.0996 e. The normalized spacial score (nSPS) is 44.8. The first kappa shape index (κ1) is 11.0. The quantitative estimate of drug-likeness (QED) is 0.677. The van der Waals surface area contributed by atoms with Crippen molar-refractivity contribution in [2.45, 2.75) is 64.0 Å². The Kier molecular flexibility index (Phi) is 3.21. The molecular weight excluding hydrogens is 198 g/mol. The van der Waals surface area contributed by atoms with Crippen LogP contribution < -0.4 is 0 Å². The molecule has 0 radical (unpaired) electrons. The first-order valence-corrected chi connectivity index (χ1v) is 7.22. The van der Waals surface area contributed by atoms with Gasteiger partial charge >= 0.3 is 0 Å². The molecule has 3 rings (SSSR count). The molecule has 3 aliphatic rings. The van der Waals surface area contributed by atoms with Crippen LogP contribution in [0.5, 0.6) is 0 Å². The van der Waals surface area contributed by atoms with Gasteiger partial charge in [0.05, 0.1) is 12.8 Å². The fourth-order valence-corrected chi connectivity index (χ4v) is 3.97. The zero-order valence-electron chi connectivity index (χ0n) is 10.5. The summed E-state index contributed by atoms with van der Waals surface area (Å²) >= 11 is 0. The van der Waals surface area contributed by atoms with Gasteiger partial charge in [-0.2, -0.15) is 0 Å². The topological polar surface area (TPSA) is 12.5 Å². The van der Waals surface area contributed by atoms with Gasteiger partial charge in [0, 0.05) is 12.6 Å². The second-order valence-electron chi connectivity index (χ2n) is 6.04. The zero-order chi connectivity index (χ0) is 11.0. The molecule has 0 unspecified atom stereocenters. The molecule has 1 saturated carbocycles. The van der Waals surface area contributed by atoms with E-state index in [1.54, 1.807) is 0 Å². The lowest BCUT2D eigenvalue weighted by atomic mass is 9.86. The molecule has 2 nitrogen and oxygen atoms in total. The fourth-order valence-electron chi connectivity index (χ4n) is 3.97. The van der Waals surface area contributed by atoms with Gasteiger partial charge in [0.25, 0.3) is 0 Å². The van der Waals surface area contributed by atoms with Crippen LogP contribution in [0.15, 0.2) is 0 Å². The van der Waals surface area contributed by atoms with Crippen molar-refractivity contribution in [3.05, 3.63) is 0 Å². The molecule has 1 aliphatic carbocycles. The Hall–Kier alpha value is -0.0800. The van der Waals surface area contributed by atoms with Crippen LogP contribution in [0.2, 0.25) is 0 Å². The number of hydrogen-bond acceptors (Lipinski definition) is 2. The van der Waals surface area contributed by atoms with Gasteiger partial charge < -0.3 is 4.74 Å². The predicted molar refractivity (Wildman–Crippen MR) is 65.2 cm³/mol. The molecule has 2 heterocycles. The Labute approximate surface area is 99.3 Å². The number of hydrogen-bond donors (Lipinski definition) is 0. The van der Waals surface area contributed by atoms with Crippen LogP contribution in [0.3, 0.4) is 0 Å². The van der Waals surface area contributed by atoms with Gasteiger partial charge in [-0.15, -0.1) is 0 Å². The summed E-state index contributed by atoms with van der Waals surface area (Å²) in [6.07, 6.45) is 10.4. The van der Waals surface area contributed by atoms with Crippen LogP contribution in [-0.2, 0) is 4.74 Å². The largest absolute Gasteiger partial charge is 0.363 e. The molecule has 0 spiro atoms. The molecule has 0 aromatic rings. The highest BCUT2D eigenvalue weighted by Gasteiger charge is 2.37. The minimum atomic E-state index is 0.602. The van der Waals surface area contributed by atoms with Crippen molar-refractivity contribution < 1.29 is 4.74 Å². The summed E-state index contributed by atoms with van der Waals surface area (Å²) in [6.45, 7) is 4.54. The standard InChI is InChI=1S/C14H25NO/c1-2-11-6-7-13-8-12-4-3-5-14(12)16-10-15(13)9-11/h11-14H,2-10H2,1H3/t11-,12-,13+,14+/m0/s1. The van der Waals surface area contributed by atoms with Gasteiger partial charge in [-0.25, -0.2) is 0 Å². The summed E-state index contributed by atoms with van der Waals surface area (Å²) < 4.78 is 6.12. The third kappa shape index (κ3) is 2.02. The number of piperidine rings is 1. The highest BCUT2D eigenvalue weighted by molar-refractivity contribution is 4.89. The lowest BCUT2D eigenvalue weighted by Gasteiger charge is -2.38. The minimum Gasteiger partial charge on any atom is -0.363 e. The van der Waals surface area contributed by atoms with Gasteiger partial charge in [-0.1, -0.05) is 19.8 Å². The van der Waals surface area contributed by atoms with E-state index in [4.69, 9.17) is 4.74 Å². The second kappa shape index (κ2) is 4.66. The lowest BCUT2D eigenvalue weighted by Crippen LogP contribution is -2.43. The molecule has 0 bridgehead atoms. The second-order valence-corrected chi connectivity index (χ2v) is 6.04. The lowest BCUT2D eigenvalue weighted by molar-refractivity contribution is -0.0374. The van der Waals surface area contributed by atoms with E-state index in [0.29, 0.717) is 6.10 Å². The summed E-state index contributed by atoms with van der Waals surface area (Å²) in [6, 6.07) is 0.843. The molecular formula is C14H25NO. The fraction of sp³-hybridized carbons (Fsp3) is 1.00. The average molecular weight is 223 g/mol. The predicted octanol–water partition coefficient (Wildman–Crippen LogP) is 3.02. The molecule has 2 aliphatic heterocycles. The van der Waals surface area contributed by atoms with Crippen LogP contribution in [0.1, 0.15) is 51.9 Å². The van der Waals surface area contributed by atoms with E-state index in [1.165, 1.54) is 51.5 Å². The first-order chi connectivity index (χ1) is 7.86. The summed E-state index contributed by atoms with van der Waals surface area (Å²) in [5, 5.41) is 0. The number of fused-ring (bicyclic) bond motifs is 2. The molecule has 3 fully saturated rings. The molecule has 0 aromatic carbocycles. The van der Waals surface area contributed by atoms with E-state index in [9.17, 15) is 0 Å². The highest BCUT2D eigenvalue weighted by atomic mass is 16.5. The van der Waals surface area contributed by atoms with Crippen LogP contribution in [0, 0.1) is 11.8 Å². The van der Waals surface area contributed by atoms with Gasteiger partial charge in [-0.3, -0.25) is 4.90 Å². The van der Waals surface area contributed by atoms with Crippen molar-refractivity contribution in [2.75, 3.05) is 13.3 Å². The Balaban J connectivity index is 1.66. The van der Waals surface area contributed by atoms with Crippen molar-refractivity contribution >= 4 is 0 Å². The summed E-state index contributed by atoms with van der Waals surface area (Å²) in [5.74, 6) is 1.81. The molecule has 16 heavy (non-hydrogen) atoms. The maximum absolute atomic E-state index is 6.12. The molecule has 0 N–H and O–H groups in total. The van der Waals surface area contributed by atoms with E-state index in [0.717, 1.165) is 24.6 Å². The highest BCUT2D eigenvalue weighted by Crippen LogP contribution is 2.38. The van der Waals surface area contributed by atoms with E-state index in [2.05, 4.69) is 11.8 Å². The van der Waals surface area contributed by atoms with Gasteiger partial charge in [0.1, 0.15) is 0 Å². The summed E-state index contributed by atoms with van der Waals surface area (Å²) in [4.78, 5) is 2.63. The van der Waals surface area contributed by atoms with Crippen molar-refractivity contribution in [1.29, 1.82) is 0 Å². The van der Waals surface area contributed by atoms with Gasteiger partial charge in [-0.05, 0) is 43.9 Å². The maximum atomic E-state index is 6.12. The monoisotopic (exact) mass is 223 g/mol. The van der Waals surface area contributed by atoms with Gasteiger partial charge in [0.15, 0.2) is 0 Å². The molecule has 2 saturated heterocycles. The summed E-state index contributed by atoms with van der Waals surface area (Å²) in [7, 11) is 0. The van der Waals surface area contributed by atoms with E-state index < -0.39 is 0 Å². The minimum absolute atomic E-state index is 0.602. The Morgan fingerprint density at radius 2 is 2.12 bits per heavy atom. The Morgan fingerprint density at radius 3 is 3.00 bits per heavy atom. The third-order valence-electron chi connectivity index (χ3n) is 5.11. The number of rotatable bonds is 1. The average Bonchev–Trinajstić information content (AvgIpc) is 2.68. The van der Waals surface area contributed by atoms with Gasteiger partial charge in [0.2, 0.25) is 0 Å². The SMILES string of the molecule is CC[C@H]1CC[C@@H]2C[C@@H]3CCC[C@H]3OCN2C1. The van der Waals surface area contributed by atoms with Crippen molar-refractivity contribution in [3.8, 4) is 0 Å². The van der Waals surface area contributed by atoms with Crippen molar-refractivity contribution in [1.82, 2.24) is 4.90 Å². The van der Waals surface area contributed by atoms with E-state index in [1.807, 2.05) is 0 Å². The maximum Gasteiger partial charge on any atom is 0.0996 e. The first-order valence-electron chi connectivity index (χ1n) is 7.22. The van der Waals surface area contributed by atoms with Crippen LogP contribution in [0.25, 0.3) is 0 Å². The van der Waals surface area contributed by atoms with Crippen molar-refractivity contribution in [3.63, 3.8) is 0 Å². The van der Waals surface area contributed by atoms with Crippen LogP contribution in [-0.4, -0.2) is 30.3 Å². The van der Waals surface area contributed by atoms with E-state index in [-0.39, 0.29) is 0 Å². The molecule has 4 atom stereocenters. The Bertz CT molecular complexity index is 243. The van der Waals surface area contributed by atoms with Crippen molar-refractivity contribution in [2.24, 2.45) is 11.8 Å². The molecule has 0 amide bonds. The van der Waals surface area contributed by atoms with E-state index >= 15 is 0 Å². The molecule has 92 valence electrons.